The van der Waals surface area contributed by atoms with Crippen molar-refractivity contribution < 1.29 is 28.7 Å². The summed E-state index contributed by atoms with van der Waals surface area (Å²) in [4.78, 5) is 76.8. The number of thiazole rings is 1. The molecule has 4 amide bonds. The number of hydrogen-bond acceptors (Lipinski definition) is 10. The lowest BCUT2D eigenvalue weighted by molar-refractivity contribution is -0.136. The predicted molar refractivity (Wildman–Crippen MR) is 242 cm³/mol. The molecule has 4 N–H and O–H groups in total. The van der Waals surface area contributed by atoms with Gasteiger partial charge >= 0.3 is 12.2 Å². The maximum atomic E-state index is 13.6. The molecule has 0 saturated carbocycles. The van der Waals surface area contributed by atoms with Crippen molar-refractivity contribution in [2.24, 2.45) is 11.8 Å². The fourth-order valence-electron chi connectivity index (χ4n) is 8.53. The van der Waals surface area contributed by atoms with Crippen LogP contribution in [0.25, 0.3) is 38.7 Å². The number of hydrogen-bond donors (Lipinski definition) is 4. The molecule has 0 bridgehead atoms. The van der Waals surface area contributed by atoms with E-state index in [0.29, 0.717) is 30.4 Å². The standard InChI is InChI=1S/C47H52N10O6S/c1-27(2)37(53-46(60)62-5)43(58)55-21-7-9-35(55)41-48-25-33(50-41)20-13-29-11-14-32(15-12-29)40-39(52-45-57(40)23-24-64-45)31-18-16-30(17-19-31)34-26-49-42(51-34)36-10-8-22-56(36)44(59)38(28(3)4)54-47(61)63-6/h11-12,14-19,23-28,35-38H,7-10,21-22H2,1-6H3,(H,48,50)(H,49,51)(H,53,60)(H,54,61)/t35-,36+,37+,38+/m1/s1. The second kappa shape index (κ2) is 18.8. The number of carbonyl (C=O) groups excluding carboxylic acids is 4. The summed E-state index contributed by atoms with van der Waals surface area (Å²) in [6.45, 7) is 8.74. The van der Waals surface area contributed by atoms with Crippen LogP contribution in [0.2, 0.25) is 0 Å². The van der Waals surface area contributed by atoms with Crippen LogP contribution < -0.4 is 10.6 Å². The molecular formula is C47H52N10O6S. The number of amides is 4. The van der Waals surface area contributed by atoms with E-state index in [2.05, 4.69) is 66.1 Å². The maximum Gasteiger partial charge on any atom is 0.407 e. The van der Waals surface area contributed by atoms with Crippen molar-refractivity contribution in [3.63, 3.8) is 0 Å². The van der Waals surface area contributed by atoms with Gasteiger partial charge in [0.25, 0.3) is 0 Å². The van der Waals surface area contributed by atoms with E-state index in [9.17, 15) is 19.2 Å². The van der Waals surface area contributed by atoms with E-state index in [1.54, 1.807) is 33.5 Å². The molecule has 2 aromatic carbocycles. The van der Waals surface area contributed by atoms with E-state index in [1.165, 1.54) is 14.2 Å². The van der Waals surface area contributed by atoms with Crippen molar-refractivity contribution >= 4 is 40.3 Å². The summed E-state index contributed by atoms with van der Waals surface area (Å²) in [5, 5.41) is 7.41. The highest BCUT2D eigenvalue weighted by Gasteiger charge is 2.39. The molecule has 17 heteroatoms. The molecule has 6 aromatic rings. The van der Waals surface area contributed by atoms with E-state index in [4.69, 9.17) is 19.4 Å². The van der Waals surface area contributed by atoms with Crippen molar-refractivity contribution in [2.75, 3.05) is 27.3 Å². The summed E-state index contributed by atoms with van der Waals surface area (Å²) < 4.78 is 11.6. The Morgan fingerprint density at radius 3 is 1.86 bits per heavy atom. The molecule has 0 aliphatic carbocycles. The molecule has 8 rings (SSSR count). The van der Waals surface area contributed by atoms with Crippen molar-refractivity contribution in [2.45, 2.75) is 77.5 Å². The summed E-state index contributed by atoms with van der Waals surface area (Å²) in [6.07, 6.45) is 7.43. The Bertz CT molecular complexity index is 2700. The highest BCUT2D eigenvalue weighted by atomic mass is 32.1. The number of nitrogens with zero attached hydrogens (tertiary/aromatic N) is 6. The second-order valence-corrected chi connectivity index (χ2v) is 17.6. The van der Waals surface area contributed by atoms with Gasteiger partial charge in [-0.2, -0.15) is 0 Å². The Morgan fingerprint density at radius 1 is 0.734 bits per heavy atom. The predicted octanol–water partition coefficient (Wildman–Crippen LogP) is 7.33. The number of alkyl carbamates (subject to hydrolysis) is 2. The zero-order valence-electron chi connectivity index (χ0n) is 36.7. The number of carbonyl (C=O) groups is 4. The van der Waals surface area contributed by atoms with E-state index >= 15 is 0 Å². The van der Waals surface area contributed by atoms with Crippen LogP contribution in [-0.2, 0) is 19.1 Å². The largest absolute Gasteiger partial charge is 0.453 e. The number of fused-ring (bicyclic) bond motifs is 1. The topological polar surface area (TPSA) is 192 Å². The van der Waals surface area contributed by atoms with Crippen molar-refractivity contribution in [1.29, 1.82) is 0 Å². The number of aromatic nitrogens is 6. The fourth-order valence-corrected chi connectivity index (χ4v) is 9.24. The number of likely N-dealkylation sites (tertiary alicyclic amines) is 2. The Labute approximate surface area is 375 Å². The Hall–Kier alpha value is -6.93. The quantitative estimate of drug-likeness (QED) is 0.0965. The number of ether oxygens (including phenoxy) is 2. The van der Waals surface area contributed by atoms with Crippen LogP contribution in [-0.4, -0.2) is 103 Å². The number of rotatable bonds is 11. The van der Waals surface area contributed by atoms with Gasteiger partial charge in [0.2, 0.25) is 11.8 Å². The van der Waals surface area contributed by atoms with Gasteiger partial charge in [-0.15, -0.1) is 11.3 Å². The van der Waals surface area contributed by atoms with E-state index in [1.807, 2.05) is 63.5 Å². The molecule has 4 aromatic heterocycles. The number of imidazole rings is 3. The first kappa shape index (κ1) is 43.7. The van der Waals surface area contributed by atoms with Crippen LogP contribution in [0.1, 0.15) is 88.4 Å². The van der Waals surface area contributed by atoms with Gasteiger partial charge in [-0.05, 0) is 61.1 Å². The Balaban J connectivity index is 0.963. The molecule has 2 fully saturated rings. The number of methoxy groups -OCH3 is 2. The third kappa shape index (κ3) is 8.96. The highest BCUT2D eigenvalue weighted by Crippen LogP contribution is 2.37. The minimum atomic E-state index is -0.707. The number of nitrogens with one attached hydrogen (secondary N) is 4. The smallest absolute Gasteiger partial charge is 0.407 e. The van der Waals surface area contributed by atoms with Gasteiger partial charge in [-0.3, -0.25) is 14.0 Å². The van der Waals surface area contributed by atoms with Crippen molar-refractivity contribution in [1.82, 2.24) is 49.8 Å². The van der Waals surface area contributed by atoms with E-state index < -0.39 is 24.3 Å². The zero-order chi connectivity index (χ0) is 45.1. The van der Waals surface area contributed by atoms with Crippen LogP contribution >= 0.6 is 11.3 Å². The first-order chi connectivity index (χ1) is 30.9. The molecule has 2 aliphatic rings. The first-order valence-corrected chi connectivity index (χ1v) is 22.4. The van der Waals surface area contributed by atoms with Crippen LogP contribution in [0.3, 0.4) is 0 Å². The number of aromatic amines is 2. The van der Waals surface area contributed by atoms with Gasteiger partial charge < -0.3 is 39.9 Å². The molecule has 332 valence electrons. The second-order valence-electron chi connectivity index (χ2n) is 16.7. The van der Waals surface area contributed by atoms with Gasteiger partial charge in [0.05, 0.1) is 55.8 Å². The molecule has 2 saturated heterocycles. The van der Waals surface area contributed by atoms with Crippen LogP contribution in [0.15, 0.2) is 72.5 Å². The SMILES string of the molecule is COC(=O)N[C@H](C(=O)N1CCC[C@@H]1c1ncc(C#Cc2ccc(-c3c(-c4ccc(-c5cnc([C@@H]6CCCN6C(=O)[C@@H](NC(=O)OC)C(C)C)[nH]5)cc4)nc4sccn34)cc2)[nH]1)C(C)C. The maximum absolute atomic E-state index is 13.6. The average molecular weight is 885 g/mol. The summed E-state index contributed by atoms with van der Waals surface area (Å²) in [7, 11) is 2.57. The van der Waals surface area contributed by atoms with Crippen LogP contribution in [0.4, 0.5) is 9.59 Å². The molecule has 0 spiro atoms. The Kier molecular flexibility index (Phi) is 12.8. The molecule has 64 heavy (non-hydrogen) atoms. The molecule has 0 unspecified atom stereocenters. The van der Waals surface area contributed by atoms with Gasteiger partial charge in [0, 0.05) is 41.4 Å². The monoisotopic (exact) mass is 884 g/mol. The van der Waals surface area contributed by atoms with Crippen molar-refractivity contribution in [3.05, 3.63) is 95.4 Å². The van der Waals surface area contributed by atoms with Crippen LogP contribution in [0, 0.1) is 23.7 Å². The summed E-state index contributed by atoms with van der Waals surface area (Å²) >= 11 is 1.57. The van der Waals surface area contributed by atoms with Gasteiger partial charge in [-0.25, -0.2) is 24.5 Å². The number of H-pyrrole nitrogens is 2. The summed E-state index contributed by atoms with van der Waals surface area (Å²) in [6, 6.07) is 14.4. The van der Waals surface area contributed by atoms with E-state index in [-0.39, 0.29) is 35.7 Å². The number of benzene rings is 2. The zero-order valence-corrected chi connectivity index (χ0v) is 37.5. The fraction of sp³-hybridized carbons (Fsp3) is 0.383. The third-order valence-corrected chi connectivity index (χ3v) is 12.7. The molecule has 0 radical (unpaired) electrons. The molecule has 6 heterocycles. The summed E-state index contributed by atoms with van der Waals surface area (Å²) in [5.74, 6) is 7.27. The average Bonchev–Trinajstić information content (AvgIpc) is 4.16. The molecule has 4 atom stereocenters. The molecule has 2 aliphatic heterocycles. The van der Waals surface area contributed by atoms with E-state index in [0.717, 1.165) is 70.0 Å². The minimum Gasteiger partial charge on any atom is -0.453 e. The first-order valence-electron chi connectivity index (χ1n) is 21.5. The lowest BCUT2D eigenvalue weighted by Crippen LogP contribution is -2.51. The van der Waals surface area contributed by atoms with Crippen LogP contribution in [0.5, 0.6) is 0 Å². The van der Waals surface area contributed by atoms with Gasteiger partial charge in [0.15, 0.2) is 4.96 Å². The third-order valence-electron chi connectivity index (χ3n) is 11.9. The lowest BCUT2D eigenvalue weighted by atomic mass is 10.0. The van der Waals surface area contributed by atoms with Crippen molar-refractivity contribution in [3.8, 4) is 45.6 Å². The minimum absolute atomic E-state index is 0.118. The highest BCUT2D eigenvalue weighted by molar-refractivity contribution is 7.15. The van der Waals surface area contributed by atoms with Gasteiger partial charge in [0.1, 0.15) is 29.4 Å². The Morgan fingerprint density at radius 2 is 1.28 bits per heavy atom. The summed E-state index contributed by atoms with van der Waals surface area (Å²) in [5.41, 5.74) is 7.02. The molecule has 16 nitrogen and oxygen atoms in total. The normalized spacial score (nSPS) is 17.1. The van der Waals surface area contributed by atoms with Gasteiger partial charge in [-0.1, -0.05) is 70.0 Å². The lowest BCUT2D eigenvalue weighted by Gasteiger charge is -2.30. The molecular weight excluding hydrogens is 833 g/mol.